The first-order valence-corrected chi connectivity index (χ1v) is 11.5. The number of hydrogen-bond donors (Lipinski definition) is 2. The van der Waals surface area contributed by atoms with Crippen LogP contribution in [0.5, 0.6) is 0 Å². The van der Waals surface area contributed by atoms with Crippen LogP contribution in [0, 0.1) is 0 Å². The summed E-state index contributed by atoms with van der Waals surface area (Å²) >= 11 is 5.73. The minimum absolute atomic E-state index is 0.0647. The number of carbonyl (C=O) groups is 2. The highest BCUT2D eigenvalue weighted by molar-refractivity contribution is 7.53. The number of amides is 1. The first-order valence-electron chi connectivity index (χ1n) is 9.37. The molecule has 1 aromatic carbocycles. The molecule has 0 fully saturated rings. The lowest BCUT2D eigenvalue weighted by Crippen LogP contribution is -2.42. The van der Waals surface area contributed by atoms with Gasteiger partial charge in [-0.05, 0) is 43.2 Å². The van der Waals surface area contributed by atoms with Gasteiger partial charge in [0.2, 0.25) is 0 Å². The molecule has 0 spiro atoms. The van der Waals surface area contributed by atoms with E-state index >= 15 is 0 Å². The summed E-state index contributed by atoms with van der Waals surface area (Å²) in [4.78, 5) is 28.0. The topological polar surface area (TPSA) is 115 Å². The molecule has 10 heteroatoms. The van der Waals surface area contributed by atoms with Crippen molar-refractivity contribution >= 4 is 31.1 Å². The minimum Gasteiger partial charge on any atom is -0.480 e. The van der Waals surface area contributed by atoms with E-state index < -0.39 is 25.5 Å². The Labute approximate surface area is 180 Å². The van der Waals surface area contributed by atoms with Gasteiger partial charge in [0, 0.05) is 18.2 Å². The molecule has 1 amide bonds. The lowest BCUT2D eigenvalue weighted by molar-refractivity contribution is -0.139. The van der Waals surface area contributed by atoms with Gasteiger partial charge < -0.3 is 19.5 Å². The molecule has 1 heterocycles. The standard InChI is InChI=1S/C20H24ClN2O6P/c1-3-28-30(27,29-4-2)13-14-5-8-16(9-6-14)19(24)23-17(20(25)26)11-15-7-10-18(21)22-12-15/h5-10,12,17H,3-4,11,13H2,1-2H3,(H,23,24)(H,25,26)/t17-/m0/s1. The highest BCUT2D eigenvalue weighted by Gasteiger charge is 2.25. The van der Waals surface area contributed by atoms with Crippen LogP contribution in [0.4, 0.5) is 0 Å². The van der Waals surface area contributed by atoms with Crippen molar-refractivity contribution in [2.24, 2.45) is 0 Å². The van der Waals surface area contributed by atoms with E-state index in [0.29, 0.717) is 16.3 Å². The fourth-order valence-electron chi connectivity index (χ4n) is 2.71. The van der Waals surface area contributed by atoms with E-state index in [-0.39, 0.29) is 31.4 Å². The lowest BCUT2D eigenvalue weighted by Gasteiger charge is -2.17. The first kappa shape index (κ1) is 24.0. The van der Waals surface area contributed by atoms with Crippen molar-refractivity contribution in [3.8, 4) is 0 Å². The molecule has 8 nitrogen and oxygen atoms in total. The van der Waals surface area contributed by atoms with Crippen molar-refractivity contribution in [2.45, 2.75) is 32.5 Å². The Morgan fingerprint density at radius 1 is 1.10 bits per heavy atom. The fourth-order valence-corrected chi connectivity index (χ4v) is 4.53. The van der Waals surface area contributed by atoms with Crippen molar-refractivity contribution in [3.05, 3.63) is 64.4 Å². The first-order chi connectivity index (χ1) is 14.3. The predicted molar refractivity (Wildman–Crippen MR) is 113 cm³/mol. The largest absolute Gasteiger partial charge is 0.480 e. The summed E-state index contributed by atoms with van der Waals surface area (Å²) in [6.45, 7) is 3.99. The lowest BCUT2D eigenvalue weighted by atomic mass is 10.1. The SMILES string of the molecule is CCOP(=O)(Cc1ccc(C(=O)N[C@@H](Cc2ccc(Cl)nc2)C(=O)O)cc1)OCC. The molecule has 0 saturated carbocycles. The van der Waals surface area contributed by atoms with Gasteiger partial charge in [-0.15, -0.1) is 0 Å². The van der Waals surface area contributed by atoms with Gasteiger partial charge in [0.05, 0.1) is 19.4 Å². The fraction of sp³-hybridized carbons (Fsp3) is 0.350. The number of carboxylic acids is 1. The van der Waals surface area contributed by atoms with Crippen molar-refractivity contribution in [1.82, 2.24) is 10.3 Å². The monoisotopic (exact) mass is 454 g/mol. The van der Waals surface area contributed by atoms with Crippen LogP contribution >= 0.6 is 19.2 Å². The number of aliphatic carboxylic acids is 1. The number of halogens is 1. The number of benzene rings is 1. The summed E-state index contributed by atoms with van der Waals surface area (Å²) < 4.78 is 23.2. The maximum atomic E-state index is 12.6. The maximum absolute atomic E-state index is 12.6. The van der Waals surface area contributed by atoms with Crippen LogP contribution in [0.15, 0.2) is 42.6 Å². The van der Waals surface area contributed by atoms with Crippen molar-refractivity contribution in [3.63, 3.8) is 0 Å². The molecule has 2 aromatic rings. The molecule has 1 atom stereocenters. The summed E-state index contributed by atoms with van der Waals surface area (Å²) in [5.74, 6) is -1.70. The summed E-state index contributed by atoms with van der Waals surface area (Å²) in [7, 11) is -3.25. The third-order valence-corrected chi connectivity index (χ3v) is 6.36. The molecule has 2 N–H and O–H groups in total. The predicted octanol–water partition coefficient (Wildman–Crippen LogP) is 3.93. The second kappa shape index (κ2) is 11.2. The number of nitrogens with one attached hydrogen (secondary N) is 1. The third kappa shape index (κ3) is 7.22. The average Bonchev–Trinajstić information content (AvgIpc) is 2.69. The Kier molecular flexibility index (Phi) is 8.99. The molecule has 30 heavy (non-hydrogen) atoms. The molecular weight excluding hydrogens is 431 g/mol. The Balaban J connectivity index is 2.05. The normalized spacial score (nSPS) is 12.4. The van der Waals surface area contributed by atoms with Crippen molar-refractivity contribution in [2.75, 3.05) is 13.2 Å². The molecule has 1 aromatic heterocycles. The third-order valence-electron chi connectivity index (χ3n) is 4.08. The van der Waals surface area contributed by atoms with Gasteiger partial charge >= 0.3 is 13.6 Å². The minimum atomic E-state index is -3.25. The van der Waals surface area contributed by atoms with E-state index in [1.165, 1.54) is 18.3 Å². The number of nitrogens with zero attached hydrogens (tertiary/aromatic N) is 1. The molecule has 162 valence electrons. The van der Waals surface area contributed by atoms with Gasteiger partial charge in [0.25, 0.3) is 5.91 Å². The second-order valence-electron chi connectivity index (χ2n) is 6.36. The molecule has 0 saturated heterocycles. The summed E-state index contributed by atoms with van der Waals surface area (Å²) in [5, 5.41) is 12.2. The van der Waals surface area contributed by atoms with Gasteiger partial charge in [0.15, 0.2) is 0 Å². The molecule has 0 unspecified atom stereocenters. The Bertz CT molecular complexity index is 895. The molecule has 0 aliphatic carbocycles. The molecule has 0 aliphatic heterocycles. The Hall–Kier alpha value is -2.25. The van der Waals surface area contributed by atoms with E-state index in [4.69, 9.17) is 20.6 Å². The van der Waals surface area contributed by atoms with Gasteiger partial charge in [-0.25, -0.2) is 9.78 Å². The Morgan fingerprint density at radius 2 is 1.70 bits per heavy atom. The van der Waals surface area contributed by atoms with Crippen LogP contribution in [0.3, 0.4) is 0 Å². The zero-order valence-electron chi connectivity index (χ0n) is 16.7. The van der Waals surface area contributed by atoms with E-state index in [0.717, 1.165) is 0 Å². The average molecular weight is 455 g/mol. The maximum Gasteiger partial charge on any atom is 0.335 e. The number of aromatic nitrogens is 1. The quantitative estimate of drug-likeness (QED) is 0.390. The Morgan fingerprint density at radius 3 is 2.20 bits per heavy atom. The molecule has 0 aliphatic rings. The zero-order chi connectivity index (χ0) is 22.1. The highest BCUT2D eigenvalue weighted by atomic mass is 35.5. The molecule has 0 radical (unpaired) electrons. The van der Waals surface area contributed by atoms with Crippen LogP contribution in [-0.2, 0) is 31.0 Å². The summed E-state index contributed by atoms with van der Waals surface area (Å²) in [6, 6.07) is 8.43. The van der Waals surface area contributed by atoms with Crippen LogP contribution in [0.2, 0.25) is 5.15 Å². The van der Waals surface area contributed by atoms with Crippen molar-refractivity contribution in [1.29, 1.82) is 0 Å². The van der Waals surface area contributed by atoms with Crippen LogP contribution in [0.1, 0.15) is 35.3 Å². The number of pyridine rings is 1. The number of rotatable bonds is 11. The van der Waals surface area contributed by atoms with E-state index in [1.807, 2.05) is 0 Å². The number of carbonyl (C=O) groups excluding carboxylic acids is 1. The zero-order valence-corrected chi connectivity index (χ0v) is 18.4. The molecule has 0 bridgehead atoms. The number of carboxylic acid groups (broad SMARTS) is 1. The van der Waals surface area contributed by atoms with E-state index in [2.05, 4.69) is 10.3 Å². The van der Waals surface area contributed by atoms with Gasteiger partial charge in [-0.2, -0.15) is 0 Å². The van der Waals surface area contributed by atoms with Crippen LogP contribution in [0.25, 0.3) is 0 Å². The van der Waals surface area contributed by atoms with E-state index in [1.54, 1.807) is 38.1 Å². The van der Waals surface area contributed by atoms with Crippen molar-refractivity contribution < 1.29 is 28.3 Å². The molecular formula is C20H24ClN2O6P. The van der Waals surface area contributed by atoms with Crippen LogP contribution < -0.4 is 5.32 Å². The number of hydrogen-bond acceptors (Lipinski definition) is 6. The highest BCUT2D eigenvalue weighted by Crippen LogP contribution is 2.51. The summed E-state index contributed by atoms with van der Waals surface area (Å²) in [6.07, 6.45) is 1.61. The van der Waals surface area contributed by atoms with Gasteiger partial charge in [-0.1, -0.05) is 29.8 Å². The van der Waals surface area contributed by atoms with Crippen LogP contribution in [-0.4, -0.2) is 41.2 Å². The molecule has 2 rings (SSSR count). The van der Waals surface area contributed by atoms with Gasteiger partial charge in [0.1, 0.15) is 11.2 Å². The smallest absolute Gasteiger partial charge is 0.335 e. The second-order valence-corrected chi connectivity index (χ2v) is 8.80. The van der Waals surface area contributed by atoms with Gasteiger partial charge in [-0.3, -0.25) is 9.36 Å². The summed E-state index contributed by atoms with van der Waals surface area (Å²) in [5.41, 5.74) is 1.59. The van der Waals surface area contributed by atoms with E-state index in [9.17, 15) is 19.3 Å².